The van der Waals surface area contributed by atoms with Crippen molar-refractivity contribution in [2.75, 3.05) is 30.7 Å². The lowest BCUT2D eigenvalue weighted by atomic mass is 10.0. The maximum absolute atomic E-state index is 13.7. The standard InChI is InChI=1S/C23H25FN6O2S.ClH/c24-15-1-3-18-19(11-15)30(22(32)13-26-18)10-9-29-7-5-16(6-8-29)25-12-17-2-4-20-23(27-17)28-21(31)14-33-20;/h1-4,11,13,16,25H,5-10,12,14H2,(H,27,28,31);1H. The Balaban J connectivity index is 0.00000274. The number of carbonyl (C=O) groups excluding carboxylic acids is 1. The lowest BCUT2D eigenvalue weighted by Gasteiger charge is -2.32. The van der Waals surface area contributed by atoms with Crippen LogP contribution in [-0.2, 0) is 17.9 Å². The normalized spacial score (nSPS) is 16.7. The number of fused-ring (bicyclic) bond motifs is 2. The highest BCUT2D eigenvalue weighted by molar-refractivity contribution is 8.00. The zero-order valence-electron chi connectivity index (χ0n) is 18.5. The highest BCUT2D eigenvalue weighted by atomic mass is 35.5. The minimum atomic E-state index is -0.370. The molecule has 0 atom stereocenters. The van der Waals surface area contributed by atoms with Gasteiger partial charge >= 0.3 is 0 Å². The second kappa shape index (κ2) is 10.8. The molecule has 2 aliphatic heterocycles. The van der Waals surface area contributed by atoms with E-state index >= 15 is 0 Å². The van der Waals surface area contributed by atoms with Gasteiger partial charge in [-0.15, -0.1) is 24.2 Å². The Morgan fingerprint density at radius 2 is 1.97 bits per heavy atom. The van der Waals surface area contributed by atoms with Crippen molar-refractivity contribution >= 4 is 46.9 Å². The van der Waals surface area contributed by atoms with E-state index in [9.17, 15) is 14.0 Å². The Kier molecular flexibility index (Phi) is 7.82. The van der Waals surface area contributed by atoms with Crippen LogP contribution in [0.25, 0.3) is 11.0 Å². The Hall–Kier alpha value is -2.53. The number of thioether (sulfide) groups is 1. The van der Waals surface area contributed by atoms with E-state index in [-0.39, 0.29) is 29.7 Å². The van der Waals surface area contributed by atoms with Gasteiger partial charge in [0.25, 0.3) is 5.56 Å². The number of hydrogen-bond acceptors (Lipinski definition) is 7. The van der Waals surface area contributed by atoms with E-state index in [1.54, 1.807) is 10.6 Å². The Morgan fingerprint density at radius 1 is 1.15 bits per heavy atom. The highest BCUT2D eigenvalue weighted by Crippen LogP contribution is 2.29. The number of piperidine rings is 1. The molecule has 4 heterocycles. The molecule has 0 spiro atoms. The first kappa shape index (κ1) is 24.6. The van der Waals surface area contributed by atoms with Gasteiger partial charge in [-0.2, -0.15) is 0 Å². The second-order valence-electron chi connectivity index (χ2n) is 8.36. The second-order valence-corrected chi connectivity index (χ2v) is 9.38. The van der Waals surface area contributed by atoms with Crippen LogP contribution >= 0.6 is 24.2 Å². The van der Waals surface area contributed by atoms with E-state index in [2.05, 4.69) is 25.5 Å². The lowest BCUT2D eigenvalue weighted by Crippen LogP contribution is -2.43. The van der Waals surface area contributed by atoms with Gasteiger partial charge in [0.05, 0.1) is 33.6 Å². The van der Waals surface area contributed by atoms with Crippen LogP contribution in [-0.4, -0.2) is 56.8 Å². The van der Waals surface area contributed by atoms with Crippen LogP contribution in [0.5, 0.6) is 0 Å². The fraction of sp³-hybridized carbons (Fsp3) is 0.391. The van der Waals surface area contributed by atoms with Crippen molar-refractivity contribution in [2.24, 2.45) is 0 Å². The Morgan fingerprint density at radius 3 is 2.79 bits per heavy atom. The van der Waals surface area contributed by atoms with Crippen LogP contribution in [0.2, 0.25) is 0 Å². The third-order valence-electron chi connectivity index (χ3n) is 6.14. The predicted molar refractivity (Wildman–Crippen MR) is 133 cm³/mol. The lowest BCUT2D eigenvalue weighted by molar-refractivity contribution is -0.113. The Labute approximate surface area is 206 Å². The topological polar surface area (TPSA) is 92.2 Å². The number of halogens is 2. The summed E-state index contributed by atoms with van der Waals surface area (Å²) in [5.41, 5.74) is 1.85. The fourth-order valence-corrected chi connectivity index (χ4v) is 5.08. The van der Waals surface area contributed by atoms with Gasteiger partial charge in [0.2, 0.25) is 5.91 Å². The van der Waals surface area contributed by atoms with Crippen molar-refractivity contribution in [1.29, 1.82) is 0 Å². The number of aromatic nitrogens is 3. The van der Waals surface area contributed by atoms with Crippen molar-refractivity contribution < 1.29 is 9.18 Å². The predicted octanol–water partition coefficient (Wildman–Crippen LogP) is 2.65. The fourth-order valence-electron chi connectivity index (χ4n) is 4.32. The molecule has 11 heteroatoms. The minimum Gasteiger partial charge on any atom is -0.309 e. The number of carbonyl (C=O) groups is 1. The molecule has 0 aliphatic carbocycles. The molecule has 2 aliphatic rings. The zero-order valence-corrected chi connectivity index (χ0v) is 20.1. The molecule has 0 bridgehead atoms. The maximum Gasteiger partial charge on any atom is 0.269 e. The van der Waals surface area contributed by atoms with Crippen molar-refractivity contribution in [3.63, 3.8) is 0 Å². The number of benzene rings is 1. The number of nitrogens with zero attached hydrogens (tertiary/aromatic N) is 4. The number of rotatable bonds is 6. The number of pyridine rings is 1. The van der Waals surface area contributed by atoms with E-state index in [1.165, 1.54) is 30.1 Å². The summed E-state index contributed by atoms with van der Waals surface area (Å²) in [6.45, 7) is 3.73. The monoisotopic (exact) mass is 504 g/mol. The van der Waals surface area contributed by atoms with Crippen LogP contribution in [0.15, 0.2) is 46.2 Å². The van der Waals surface area contributed by atoms with Gasteiger partial charge in [-0.25, -0.2) is 14.4 Å². The summed E-state index contributed by atoms with van der Waals surface area (Å²) < 4.78 is 15.3. The summed E-state index contributed by atoms with van der Waals surface area (Å²) in [6, 6.07) is 8.74. The van der Waals surface area contributed by atoms with Gasteiger partial charge in [-0.1, -0.05) is 0 Å². The summed E-state index contributed by atoms with van der Waals surface area (Å²) in [5, 5.41) is 6.41. The molecular weight excluding hydrogens is 479 g/mol. The molecule has 5 rings (SSSR count). The Bertz CT molecular complexity index is 1250. The summed E-state index contributed by atoms with van der Waals surface area (Å²) in [7, 11) is 0. The summed E-state index contributed by atoms with van der Waals surface area (Å²) in [4.78, 5) is 35.9. The van der Waals surface area contributed by atoms with E-state index in [1.807, 2.05) is 12.1 Å². The van der Waals surface area contributed by atoms with E-state index in [0.717, 1.165) is 43.1 Å². The van der Waals surface area contributed by atoms with Gasteiger partial charge in [-0.3, -0.25) is 9.59 Å². The van der Waals surface area contributed by atoms with Crippen molar-refractivity contribution in [2.45, 2.75) is 36.9 Å². The van der Waals surface area contributed by atoms with Crippen molar-refractivity contribution in [3.8, 4) is 0 Å². The summed E-state index contributed by atoms with van der Waals surface area (Å²) in [5.74, 6) is 0.715. The van der Waals surface area contributed by atoms with E-state index in [4.69, 9.17) is 0 Å². The molecule has 34 heavy (non-hydrogen) atoms. The van der Waals surface area contributed by atoms with Gasteiger partial charge in [0, 0.05) is 25.7 Å². The van der Waals surface area contributed by atoms with Crippen LogP contribution in [0.4, 0.5) is 10.2 Å². The molecule has 2 aromatic heterocycles. The first-order valence-corrected chi connectivity index (χ1v) is 12.1. The average Bonchev–Trinajstić information content (AvgIpc) is 2.82. The largest absolute Gasteiger partial charge is 0.309 e. The smallest absolute Gasteiger partial charge is 0.269 e. The molecule has 1 aromatic carbocycles. The number of likely N-dealkylation sites (tertiary alicyclic amines) is 1. The van der Waals surface area contributed by atoms with Gasteiger partial charge in [0.1, 0.15) is 11.6 Å². The molecule has 1 saturated heterocycles. The van der Waals surface area contributed by atoms with Crippen molar-refractivity contribution in [1.82, 2.24) is 24.8 Å². The molecule has 180 valence electrons. The molecule has 0 radical (unpaired) electrons. The summed E-state index contributed by atoms with van der Waals surface area (Å²) >= 11 is 1.51. The highest BCUT2D eigenvalue weighted by Gasteiger charge is 2.20. The number of hydrogen-bond donors (Lipinski definition) is 2. The SMILES string of the molecule is Cl.O=C1CSc2ccc(CNC3CCN(CCn4c(=O)cnc5ccc(F)cc54)CC3)nc2N1. The number of anilines is 1. The van der Waals surface area contributed by atoms with Crippen LogP contribution in [0.3, 0.4) is 0 Å². The average molecular weight is 505 g/mol. The maximum atomic E-state index is 13.7. The molecule has 0 saturated carbocycles. The summed E-state index contributed by atoms with van der Waals surface area (Å²) in [6.07, 6.45) is 3.30. The third kappa shape index (κ3) is 5.57. The van der Waals surface area contributed by atoms with E-state index in [0.29, 0.717) is 41.7 Å². The quantitative estimate of drug-likeness (QED) is 0.533. The van der Waals surface area contributed by atoms with Gasteiger partial charge in [0.15, 0.2) is 0 Å². The first-order valence-electron chi connectivity index (χ1n) is 11.1. The molecule has 2 N–H and O–H groups in total. The zero-order chi connectivity index (χ0) is 22.8. The third-order valence-corrected chi connectivity index (χ3v) is 7.19. The van der Waals surface area contributed by atoms with Gasteiger partial charge in [-0.05, 0) is 56.3 Å². The number of nitrogens with one attached hydrogen (secondary N) is 2. The molecule has 1 amide bonds. The molecule has 0 unspecified atom stereocenters. The van der Waals surface area contributed by atoms with Crippen LogP contribution < -0.4 is 16.2 Å². The minimum absolute atomic E-state index is 0. The molecule has 1 fully saturated rings. The molecule has 8 nitrogen and oxygen atoms in total. The first-order chi connectivity index (χ1) is 16.0. The van der Waals surface area contributed by atoms with Crippen LogP contribution in [0.1, 0.15) is 18.5 Å². The van der Waals surface area contributed by atoms with E-state index < -0.39 is 0 Å². The number of amides is 1. The van der Waals surface area contributed by atoms with Crippen LogP contribution in [0, 0.1) is 5.82 Å². The molecule has 3 aromatic rings. The van der Waals surface area contributed by atoms with Gasteiger partial charge < -0.3 is 20.1 Å². The van der Waals surface area contributed by atoms with Crippen molar-refractivity contribution in [3.05, 3.63) is 58.4 Å². The molecular formula is C23H26ClFN6O2S.